The fourth-order valence-corrected chi connectivity index (χ4v) is 4.22. The molecule has 3 aromatic rings. The molecule has 0 saturated carbocycles. The SMILES string of the molecule is CC(=O)c1cccc(NC(=O)[C@H]2CCCN(C(=O)CCc3c[nH]c4ccccc34)C2)c1. The lowest BCUT2D eigenvalue weighted by molar-refractivity contribution is -0.134. The number of piperidine rings is 1. The smallest absolute Gasteiger partial charge is 0.229 e. The highest BCUT2D eigenvalue weighted by molar-refractivity contribution is 5.97. The zero-order chi connectivity index (χ0) is 21.8. The molecule has 1 atom stereocenters. The number of likely N-dealkylation sites (tertiary alicyclic amines) is 1. The van der Waals surface area contributed by atoms with E-state index >= 15 is 0 Å². The van der Waals surface area contributed by atoms with E-state index in [1.165, 1.54) is 6.92 Å². The Labute approximate surface area is 181 Å². The van der Waals surface area contributed by atoms with Crippen LogP contribution in [0, 0.1) is 5.92 Å². The van der Waals surface area contributed by atoms with Gasteiger partial charge in [-0.3, -0.25) is 14.4 Å². The molecule has 2 N–H and O–H groups in total. The first kappa shape index (κ1) is 20.8. The van der Waals surface area contributed by atoms with E-state index < -0.39 is 0 Å². The van der Waals surface area contributed by atoms with E-state index in [0.29, 0.717) is 37.2 Å². The van der Waals surface area contributed by atoms with E-state index in [4.69, 9.17) is 0 Å². The van der Waals surface area contributed by atoms with E-state index in [1.807, 2.05) is 29.3 Å². The zero-order valence-electron chi connectivity index (χ0n) is 17.7. The van der Waals surface area contributed by atoms with Crippen LogP contribution in [0.1, 0.15) is 42.1 Å². The maximum Gasteiger partial charge on any atom is 0.229 e. The molecule has 2 aromatic carbocycles. The van der Waals surface area contributed by atoms with Crippen LogP contribution in [0.15, 0.2) is 54.7 Å². The molecule has 1 aliphatic heterocycles. The van der Waals surface area contributed by atoms with Gasteiger partial charge in [0.05, 0.1) is 5.92 Å². The van der Waals surface area contributed by atoms with Crippen LogP contribution < -0.4 is 5.32 Å². The molecular weight excluding hydrogens is 390 g/mol. The van der Waals surface area contributed by atoms with Gasteiger partial charge < -0.3 is 15.2 Å². The zero-order valence-corrected chi connectivity index (χ0v) is 17.7. The van der Waals surface area contributed by atoms with Crippen molar-refractivity contribution >= 4 is 34.2 Å². The first-order valence-electron chi connectivity index (χ1n) is 10.8. The van der Waals surface area contributed by atoms with Crippen molar-refractivity contribution in [2.75, 3.05) is 18.4 Å². The van der Waals surface area contributed by atoms with Crippen LogP contribution in [-0.4, -0.2) is 40.6 Å². The van der Waals surface area contributed by atoms with Crippen molar-refractivity contribution in [1.29, 1.82) is 0 Å². The van der Waals surface area contributed by atoms with E-state index in [-0.39, 0.29) is 23.5 Å². The number of rotatable bonds is 6. The Balaban J connectivity index is 1.34. The standard InChI is InChI=1S/C25H27N3O3/c1-17(29)18-6-4-8-21(14-18)27-25(31)20-7-5-13-28(16-20)24(30)12-11-19-15-26-23-10-3-2-9-22(19)23/h2-4,6,8-10,14-15,20,26H,5,7,11-13,16H2,1H3,(H,27,31)/t20-/m0/s1. The average molecular weight is 418 g/mol. The van der Waals surface area contributed by atoms with Crippen molar-refractivity contribution in [3.8, 4) is 0 Å². The van der Waals surface area contributed by atoms with Crippen molar-refractivity contribution in [3.05, 3.63) is 65.9 Å². The quantitative estimate of drug-likeness (QED) is 0.590. The van der Waals surface area contributed by atoms with Gasteiger partial charge in [-0.2, -0.15) is 0 Å². The number of carbonyl (C=O) groups is 3. The normalized spacial score (nSPS) is 16.3. The van der Waals surface area contributed by atoms with Crippen LogP contribution in [0.3, 0.4) is 0 Å². The number of hydrogen-bond acceptors (Lipinski definition) is 3. The number of hydrogen-bond donors (Lipinski definition) is 2. The van der Waals surface area contributed by atoms with Gasteiger partial charge in [0.1, 0.15) is 0 Å². The fourth-order valence-electron chi connectivity index (χ4n) is 4.22. The molecule has 6 heteroatoms. The number of Topliss-reactive ketones (excluding diaryl/α,β-unsaturated/α-hetero) is 1. The third-order valence-corrected chi connectivity index (χ3v) is 5.96. The lowest BCUT2D eigenvalue weighted by Gasteiger charge is -2.32. The highest BCUT2D eigenvalue weighted by Gasteiger charge is 2.28. The first-order valence-corrected chi connectivity index (χ1v) is 10.8. The van der Waals surface area contributed by atoms with Gasteiger partial charge in [-0.1, -0.05) is 30.3 Å². The molecule has 31 heavy (non-hydrogen) atoms. The third-order valence-electron chi connectivity index (χ3n) is 5.96. The summed E-state index contributed by atoms with van der Waals surface area (Å²) in [5.41, 5.74) is 3.39. The molecule has 0 radical (unpaired) electrons. The second-order valence-corrected chi connectivity index (χ2v) is 8.16. The highest BCUT2D eigenvalue weighted by atomic mass is 16.2. The molecule has 6 nitrogen and oxygen atoms in total. The van der Waals surface area contributed by atoms with Crippen molar-refractivity contribution in [3.63, 3.8) is 0 Å². The summed E-state index contributed by atoms with van der Waals surface area (Å²) in [4.78, 5) is 42.2. The van der Waals surface area contributed by atoms with Crippen molar-refractivity contribution in [1.82, 2.24) is 9.88 Å². The topological polar surface area (TPSA) is 82.3 Å². The number of aromatic nitrogens is 1. The number of carbonyl (C=O) groups excluding carboxylic acids is 3. The predicted octanol–water partition coefficient (Wildman–Crippen LogP) is 4.18. The highest BCUT2D eigenvalue weighted by Crippen LogP contribution is 2.22. The maximum absolute atomic E-state index is 12.8. The molecular formula is C25H27N3O3. The van der Waals surface area contributed by atoms with Gasteiger partial charge in [0.15, 0.2) is 5.78 Å². The molecule has 1 aliphatic rings. The van der Waals surface area contributed by atoms with Gasteiger partial charge in [0.2, 0.25) is 11.8 Å². The summed E-state index contributed by atoms with van der Waals surface area (Å²) in [7, 11) is 0. The minimum atomic E-state index is -0.244. The summed E-state index contributed by atoms with van der Waals surface area (Å²) in [6.45, 7) is 2.63. The predicted molar refractivity (Wildman–Crippen MR) is 121 cm³/mol. The molecule has 4 rings (SSSR count). The van der Waals surface area contributed by atoms with Crippen LogP contribution >= 0.6 is 0 Å². The Hall–Kier alpha value is -3.41. The van der Waals surface area contributed by atoms with Gasteiger partial charge in [-0.15, -0.1) is 0 Å². The Morgan fingerprint density at radius 1 is 1.13 bits per heavy atom. The van der Waals surface area contributed by atoms with E-state index in [0.717, 1.165) is 29.3 Å². The Kier molecular flexibility index (Phi) is 6.16. The molecule has 0 spiro atoms. The molecule has 0 aliphatic carbocycles. The summed E-state index contributed by atoms with van der Waals surface area (Å²) < 4.78 is 0. The van der Waals surface area contributed by atoms with Gasteiger partial charge >= 0.3 is 0 Å². The summed E-state index contributed by atoms with van der Waals surface area (Å²) in [6, 6.07) is 15.0. The number of aromatic amines is 1. The number of anilines is 1. The summed E-state index contributed by atoms with van der Waals surface area (Å²) >= 11 is 0. The van der Waals surface area contributed by atoms with Crippen LogP contribution in [0.25, 0.3) is 10.9 Å². The van der Waals surface area contributed by atoms with Crippen molar-refractivity contribution in [2.45, 2.75) is 32.6 Å². The average Bonchev–Trinajstić information content (AvgIpc) is 3.21. The van der Waals surface area contributed by atoms with E-state index in [1.54, 1.807) is 24.3 Å². The number of benzene rings is 2. The number of H-pyrrole nitrogens is 1. The largest absolute Gasteiger partial charge is 0.361 e. The van der Waals surface area contributed by atoms with Gasteiger partial charge in [0, 0.05) is 47.9 Å². The Bertz CT molecular complexity index is 1120. The van der Waals surface area contributed by atoms with E-state index in [9.17, 15) is 14.4 Å². The first-order chi connectivity index (χ1) is 15.0. The minimum Gasteiger partial charge on any atom is -0.361 e. The maximum atomic E-state index is 12.8. The lowest BCUT2D eigenvalue weighted by atomic mass is 9.96. The van der Waals surface area contributed by atoms with Gasteiger partial charge in [0.25, 0.3) is 0 Å². The molecule has 1 saturated heterocycles. The number of ketones is 1. The monoisotopic (exact) mass is 417 g/mol. The van der Waals surface area contributed by atoms with Crippen LogP contribution in [0.2, 0.25) is 0 Å². The van der Waals surface area contributed by atoms with Crippen LogP contribution in [0.5, 0.6) is 0 Å². The fraction of sp³-hybridized carbons (Fsp3) is 0.320. The molecule has 0 bridgehead atoms. The molecule has 1 fully saturated rings. The van der Waals surface area contributed by atoms with Gasteiger partial charge in [-0.25, -0.2) is 0 Å². The summed E-state index contributed by atoms with van der Waals surface area (Å²) in [5.74, 6) is -0.302. The van der Waals surface area contributed by atoms with Crippen molar-refractivity contribution < 1.29 is 14.4 Å². The number of nitrogens with one attached hydrogen (secondary N) is 2. The van der Waals surface area contributed by atoms with Crippen LogP contribution in [0.4, 0.5) is 5.69 Å². The molecule has 160 valence electrons. The van der Waals surface area contributed by atoms with Crippen molar-refractivity contribution in [2.24, 2.45) is 5.92 Å². The molecule has 2 amide bonds. The van der Waals surface area contributed by atoms with E-state index in [2.05, 4.69) is 16.4 Å². The summed E-state index contributed by atoms with van der Waals surface area (Å²) in [5, 5.41) is 4.06. The summed E-state index contributed by atoms with van der Waals surface area (Å²) in [6.07, 6.45) is 4.64. The number of amides is 2. The number of fused-ring (bicyclic) bond motifs is 1. The Morgan fingerprint density at radius 3 is 2.81 bits per heavy atom. The molecule has 1 aromatic heterocycles. The number of nitrogens with zero attached hydrogens (tertiary/aromatic N) is 1. The second kappa shape index (κ2) is 9.16. The minimum absolute atomic E-state index is 0.0410. The van der Waals surface area contributed by atoms with Crippen LogP contribution in [-0.2, 0) is 16.0 Å². The lowest BCUT2D eigenvalue weighted by Crippen LogP contribution is -2.43. The second-order valence-electron chi connectivity index (χ2n) is 8.16. The number of aryl methyl sites for hydroxylation is 1. The molecule has 2 heterocycles. The molecule has 0 unspecified atom stereocenters. The Morgan fingerprint density at radius 2 is 1.97 bits per heavy atom. The number of para-hydroxylation sites is 1. The third kappa shape index (κ3) is 4.85. The van der Waals surface area contributed by atoms with Gasteiger partial charge in [-0.05, 0) is 49.9 Å².